The minimum absolute atomic E-state index is 0.256. The van der Waals surface area contributed by atoms with Gasteiger partial charge < -0.3 is 4.74 Å². The molecule has 23 heavy (non-hydrogen) atoms. The van der Waals surface area contributed by atoms with E-state index in [1.807, 2.05) is 6.92 Å². The zero-order valence-electron chi connectivity index (χ0n) is 13.0. The number of aromatic nitrogens is 2. The zero-order chi connectivity index (χ0) is 17.0. The normalized spacial score (nSPS) is 12.3. The summed E-state index contributed by atoms with van der Waals surface area (Å²) < 4.78 is 6.54. The zero-order valence-corrected chi connectivity index (χ0v) is 14.5. The van der Waals surface area contributed by atoms with Crippen molar-refractivity contribution in [3.8, 4) is 0 Å². The molecule has 5 nitrogen and oxygen atoms in total. The second-order valence-electron chi connectivity index (χ2n) is 5.13. The summed E-state index contributed by atoms with van der Waals surface area (Å²) in [4.78, 5) is 28.8. The Kier molecular flexibility index (Phi) is 6.02. The molecule has 0 radical (unpaired) electrons. The standard InChI is InChI=1S/C16H18Cl2N2O3/c1-3-5-6-13(16(22)23-4-2)20-14-8-11(18)10(17)7-12(14)19-9-15(20)21/h7-9,13H,3-6H2,1-2H3. The summed E-state index contributed by atoms with van der Waals surface area (Å²) >= 11 is 12.1. The van der Waals surface area contributed by atoms with E-state index in [1.165, 1.54) is 10.8 Å². The van der Waals surface area contributed by atoms with E-state index in [9.17, 15) is 9.59 Å². The number of hydrogen-bond donors (Lipinski definition) is 0. The Labute approximate surface area is 144 Å². The van der Waals surface area contributed by atoms with E-state index in [-0.39, 0.29) is 12.2 Å². The van der Waals surface area contributed by atoms with Gasteiger partial charge in [-0.1, -0.05) is 43.0 Å². The molecule has 1 heterocycles. The first-order valence-electron chi connectivity index (χ1n) is 7.52. The molecule has 1 atom stereocenters. The van der Waals surface area contributed by atoms with Crippen LogP contribution in [0.3, 0.4) is 0 Å². The summed E-state index contributed by atoms with van der Waals surface area (Å²) in [7, 11) is 0. The second-order valence-corrected chi connectivity index (χ2v) is 5.95. The third kappa shape index (κ3) is 3.85. The van der Waals surface area contributed by atoms with E-state index in [0.29, 0.717) is 27.5 Å². The molecule has 7 heteroatoms. The molecule has 0 N–H and O–H groups in total. The van der Waals surface area contributed by atoms with Gasteiger partial charge in [0.25, 0.3) is 5.56 Å². The molecule has 2 rings (SSSR count). The van der Waals surface area contributed by atoms with Crippen LogP contribution in [-0.4, -0.2) is 22.1 Å². The van der Waals surface area contributed by atoms with Crippen LogP contribution in [0, 0.1) is 0 Å². The molecule has 0 saturated heterocycles. The van der Waals surface area contributed by atoms with Gasteiger partial charge in [0.15, 0.2) is 0 Å². The minimum Gasteiger partial charge on any atom is -0.464 e. The quantitative estimate of drug-likeness (QED) is 0.734. The lowest BCUT2D eigenvalue weighted by Crippen LogP contribution is -2.31. The molecule has 2 aromatic rings. The first-order chi connectivity index (χ1) is 11.0. The van der Waals surface area contributed by atoms with Crippen molar-refractivity contribution < 1.29 is 9.53 Å². The summed E-state index contributed by atoms with van der Waals surface area (Å²) in [5.41, 5.74) is 0.607. The molecule has 0 bridgehead atoms. The van der Waals surface area contributed by atoms with Crippen LogP contribution >= 0.6 is 23.2 Å². The number of carbonyl (C=O) groups is 1. The van der Waals surface area contributed by atoms with Crippen molar-refractivity contribution in [2.24, 2.45) is 0 Å². The molecule has 1 unspecified atom stereocenters. The third-order valence-electron chi connectivity index (χ3n) is 3.53. The van der Waals surface area contributed by atoms with Gasteiger partial charge in [-0.25, -0.2) is 9.78 Å². The summed E-state index contributed by atoms with van der Waals surface area (Å²) in [6.45, 7) is 4.01. The first kappa shape index (κ1) is 17.8. The van der Waals surface area contributed by atoms with Crippen LogP contribution in [0.1, 0.15) is 39.2 Å². The highest BCUT2D eigenvalue weighted by Crippen LogP contribution is 2.28. The van der Waals surface area contributed by atoms with Crippen LogP contribution < -0.4 is 5.56 Å². The predicted molar refractivity (Wildman–Crippen MR) is 91.2 cm³/mol. The molecule has 0 aliphatic heterocycles. The van der Waals surface area contributed by atoms with E-state index in [1.54, 1.807) is 19.1 Å². The Bertz CT molecular complexity index is 774. The Balaban J connectivity index is 2.65. The van der Waals surface area contributed by atoms with Gasteiger partial charge in [-0.3, -0.25) is 9.36 Å². The number of benzene rings is 1. The molecule has 0 aliphatic carbocycles. The van der Waals surface area contributed by atoms with Crippen LogP contribution in [0.25, 0.3) is 11.0 Å². The second kappa shape index (κ2) is 7.79. The Morgan fingerprint density at radius 3 is 2.65 bits per heavy atom. The SMILES string of the molecule is CCCCC(C(=O)OCC)n1c(=O)cnc2cc(Cl)c(Cl)cc21. The maximum atomic E-state index is 12.4. The van der Waals surface area contributed by atoms with Gasteiger partial charge in [-0.05, 0) is 25.5 Å². The summed E-state index contributed by atoms with van der Waals surface area (Å²) in [5, 5.41) is 0.650. The van der Waals surface area contributed by atoms with Crippen molar-refractivity contribution in [2.75, 3.05) is 6.61 Å². The fourth-order valence-electron chi connectivity index (χ4n) is 2.44. The smallest absolute Gasteiger partial charge is 0.329 e. The number of esters is 1. The molecule has 0 amide bonds. The van der Waals surface area contributed by atoms with Gasteiger partial charge in [-0.15, -0.1) is 0 Å². The summed E-state index contributed by atoms with van der Waals surface area (Å²) in [6.07, 6.45) is 3.39. The highest BCUT2D eigenvalue weighted by atomic mass is 35.5. The average molecular weight is 357 g/mol. The number of halogens is 2. The van der Waals surface area contributed by atoms with Crippen LogP contribution in [0.15, 0.2) is 23.1 Å². The van der Waals surface area contributed by atoms with Crippen molar-refractivity contribution in [1.29, 1.82) is 0 Å². The molecule has 0 spiro atoms. The van der Waals surface area contributed by atoms with Crippen LogP contribution in [-0.2, 0) is 9.53 Å². The maximum absolute atomic E-state index is 12.4. The molecule has 1 aromatic carbocycles. The Hall–Kier alpha value is -1.59. The summed E-state index contributed by atoms with van der Waals surface area (Å²) in [5.74, 6) is -0.429. The summed E-state index contributed by atoms with van der Waals surface area (Å²) in [6, 6.07) is 2.44. The fraction of sp³-hybridized carbons (Fsp3) is 0.438. The Morgan fingerprint density at radius 1 is 1.30 bits per heavy atom. The van der Waals surface area contributed by atoms with Gasteiger partial charge in [-0.2, -0.15) is 0 Å². The number of carbonyl (C=O) groups excluding carboxylic acids is 1. The number of hydrogen-bond acceptors (Lipinski definition) is 4. The lowest BCUT2D eigenvalue weighted by atomic mass is 10.1. The highest BCUT2D eigenvalue weighted by molar-refractivity contribution is 6.42. The molecule has 0 saturated carbocycles. The Morgan fingerprint density at radius 2 is 2.00 bits per heavy atom. The van der Waals surface area contributed by atoms with Gasteiger partial charge in [0, 0.05) is 0 Å². The van der Waals surface area contributed by atoms with Gasteiger partial charge in [0.1, 0.15) is 6.04 Å². The monoisotopic (exact) mass is 356 g/mol. The van der Waals surface area contributed by atoms with Crippen molar-refractivity contribution in [1.82, 2.24) is 9.55 Å². The third-order valence-corrected chi connectivity index (χ3v) is 4.25. The first-order valence-corrected chi connectivity index (χ1v) is 8.28. The van der Waals surface area contributed by atoms with Crippen molar-refractivity contribution in [3.63, 3.8) is 0 Å². The van der Waals surface area contributed by atoms with Crippen molar-refractivity contribution >= 4 is 40.2 Å². The molecule has 124 valence electrons. The van der Waals surface area contributed by atoms with E-state index < -0.39 is 12.0 Å². The molecule has 0 fully saturated rings. The molecular weight excluding hydrogens is 339 g/mol. The lowest BCUT2D eigenvalue weighted by molar-refractivity contribution is -0.147. The van der Waals surface area contributed by atoms with Crippen LogP contribution in [0.5, 0.6) is 0 Å². The van der Waals surface area contributed by atoms with E-state index in [0.717, 1.165) is 12.8 Å². The number of fused-ring (bicyclic) bond motifs is 1. The van der Waals surface area contributed by atoms with Crippen LogP contribution in [0.4, 0.5) is 0 Å². The van der Waals surface area contributed by atoms with E-state index in [4.69, 9.17) is 27.9 Å². The van der Waals surface area contributed by atoms with Gasteiger partial charge in [0.05, 0.1) is 33.9 Å². The molecular formula is C16H18Cl2N2O3. The van der Waals surface area contributed by atoms with Crippen LogP contribution in [0.2, 0.25) is 10.0 Å². The number of unbranched alkanes of at least 4 members (excludes halogenated alkanes) is 1. The number of ether oxygens (including phenoxy) is 1. The minimum atomic E-state index is -0.704. The van der Waals surface area contributed by atoms with Crippen molar-refractivity contribution in [2.45, 2.75) is 39.2 Å². The maximum Gasteiger partial charge on any atom is 0.329 e. The number of nitrogens with zero attached hydrogens (tertiary/aromatic N) is 2. The van der Waals surface area contributed by atoms with Gasteiger partial charge >= 0.3 is 5.97 Å². The molecule has 0 aliphatic rings. The topological polar surface area (TPSA) is 61.2 Å². The highest BCUT2D eigenvalue weighted by Gasteiger charge is 2.24. The molecule has 1 aromatic heterocycles. The van der Waals surface area contributed by atoms with E-state index >= 15 is 0 Å². The lowest BCUT2D eigenvalue weighted by Gasteiger charge is -2.20. The average Bonchev–Trinajstić information content (AvgIpc) is 2.51. The van der Waals surface area contributed by atoms with E-state index in [2.05, 4.69) is 4.98 Å². The van der Waals surface area contributed by atoms with Gasteiger partial charge in [0.2, 0.25) is 0 Å². The number of rotatable bonds is 6. The fourth-order valence-corrected chi connectivity index (χ4v) is 2.75. The predicted octanol–water partition coefficient (Wildman–Crippen LogP) is 4.00. The van der Waals surface area contributed by atoms with Crippen molar-refractivity contribution in [3.05, 3.63) is 38.7 Å². The largest absolute Gasteiger partial charge is 0.464 e.